The minimum absolute atomic E-state index is 0. The second-order valence-electron chi connectivity index (χ2n) is 6.49. The van der Waals surface area contributed by atoms with E-state index in [1.54, 1.807) is 41.9 Å². The van der Waals surface area contributed by atoms with Gasteiger partial charge in [-0.25, -0.2) is 5.48 Å². The molecule has 0 aliphatic heterocycles. The van der Waals surface area contributed by atoms with Crippen LogP contribution in [0.3, 0.4) is 0 Å². The van der Waals surface area contributed by atoms with Crippen LogP contribution in [0.5, 0.6) is 0 Å². The van der Waals surface area contributed by atoms with E-state index in [0.29, 0.717) is 18.7 Å². The van der Waals surface area contributed by atoms with Gasteiger partial charge in [-0.05, 0) is 36.4 Å². The second kappa shape index (κ2) is 13.5. The fourth-order valence-electron chi connectivity index (χ4n) is 2.73. The van der Waals surface area contributed by atoms with Gasteiger partial charge in [-0.15, -0.1) is 13.2 Å². The molecule has 31 heavy (non-hydrogen) atoms. The summed E-state index contributed by atoms with van der Waals surface area (Å²) in [5.41, 5.74) is 3.66. The molecule has 2 rings (SSSR count). The highest BCUT2D eigenvalue weighted by atomic mass is 16.5. The van der Waals surface area contributed by atoms with E-state index in [1.165, 1.54) is 0 Å². The Labute approximate surface area is 184 Å². The molecule has 2 amide bonds. The summed E-state index contributed by atoms with van der Waals surface area (Å²) in [6, 6.07) is 15.4. The summed E-state index contributed by atoms with van der Waals surface area (Å²) in [7, 11) is 0. The van der Waals surface area contributed by atoms with E-state index in [2.05, 4.69) is 30.3 Å². The highest BCUT2D eigenvalue weighted by Crippen LogP contribution is 2.05. The number of carbonyl (C=O) groups excluding carboxylic acids is 2. The Bertz CT molecular complexity index is 918. The molecular weight excluding hydrogens is 390 g/mol. The number of carbonyl (C=O) groups is 2. The molecule has 0 radical (unpaired) electrons. The van der Waals surface area contributed by atoms with Gasteiger partial charge in [0.05, 0.1) is 0 Å². The first kappa shape index (κ1) is 25.4. The number of nitrogens with zero attached hydrogens (tertiary/aromatic N) is 1. The summed E-state index contributed by atoms with van der Waals surface area (Å²) in [6.07, 6.45) is 3.38. The lowest BCUT2D eigenvalue weighted by atomic mass is 10.1. The zero-order valence-corrected chi connectivity index (χ0v) is 16.7. The van der Waals surface area contributed by atoms with E-state index in [-0.39, 0.29) is 14.0 Å². The summed E-state index contributed by atoms with van der Waals surface area (Å²) >= 11 is 0. The van der Waals surface area contributed by atoms with Crippen molar-refractivity contribution in [2.75, 3.05) is 19.6 Å². The zero-order valence-electron chi connectivity index (χ0n) is 16.7. The number of amides is 2. The predicted octanol–water partition coefficient (Wildman–Crippen LogP) is 3.00. The zero-order chi connectivity index (χ0) is 21.8. The molecule has 0 aromatic heterocycles. The minimum atomic E-state index is -0.944. The van der Waals surface area contributed by atoms with Gasteiger partial charge in [-0.2, -0.15) is 0 Å². The highest BCUT2D eigenvalue weighted by molar-refractivity contribution is 5.97. The average Bonchev–Trinajstić information content (AvgIpc) is 2.78. The predicted molar refractivity (Wildman–Crippen MR) is 124 cm³/mol. The maximum atomic E-state index is 12.6. The van der Waals surface area contributed by atoms with Crippen LogP contribution in [-0.4, -0.2) is 47.6 Å². The third kappa shape index (κ3) is 8.31. The minimum Gasteiger partial charge on any atom is -0.339 e. The Kier molecular flexibility index (Phi) is 11.1. The number of nitrogens with one attached hydrogen (secondary N) is 2. The molecule has 0 unspecified atom stereocenters. The molecule has 3 N–H and O–H groups in total. The van der Waals surface area contributed by atoms with Crippen molar-refractivity contribution in [3.8, 4) is 11.8 Å². The maximum Gasteiger partial charge on any atom is 0.267 e. The molecule has 0 spiro atoms. The van der Waals surface area contributed by atoms with Crippen LogP contribution < -0.4 is 10.8 Å². The number of hydrogen-bond acceptors (Lipinski definition) is 4. The molecule has 6 nitrogen and oxygen atoms in total. The van der Waals surface area contributed by atoms with Crippen molar-refractivity contribution in [2.45, 2.75) is 13.5 Å². The number of benzene rings is 2. The van der Waals surface area contributed by atoms with Crippen molar-refractivity contribution >= 4 is 11.8 Å². The van der Waals surface area contributed by atoms with Crippen molar-refractivity contribution < 1.29 is 14.8 Å². The molecule has 162 valence electrons. The number of hydrogen-bond donors (Lipinski definition) is 3. The van der Waals surface area contributed by atoms with Crippen LogP contribution in [-0.2, 0) is 4.79 Å². The van der Waals surface area contributed by atoms with Crippen LogP contribution in [0.25, 0.3) is 0 Å². The van der Waals surface area contributed by atoms with Gasteiger partial charge in [0.2, 0.25) is 0 Å². The van der Waals surface area contributed by atoms with E-state index in [1.807, 2.05) is 35.2 Å². The summed E-state index contributed by atoms with van der Waals surface area (Å²) in [5.74, 6) is 4.97. The topological polar surface area (TPSA) is 81.7 Å². The summed E-state index contributed by atoms with van der Waals surface area (Å²) < 4.78 is 0. The second-order valence-corrected chi connectivity index (χ2v) is 6.49. The SMILES string of the molecule is C.C=CCN(CC=C)C[C@H](NC(=O)c1ccc(C#Cc2ccccc2)cc1)C(=O)NO. The largest absolute Gasteiger partial charge is 0.339 e. The van der Waals surface area contributed by atoms with E-state index in [4.69, 9.17) is 5.21 Å². The molecule has 0 saturated carbocycles. The average molecular weight is 420 g/mol. The molecule has 6 heteroatoms. The third-order valence-electron chi connectivity index (χ3n) is 4.22. The lowest BCUT2D eigenvalue weighted by molar-refractivity contribution is -0.131. The normalized spacial score (nSPS) is 10.6. The summed E-state index contributed by atoms with van der Waals surface area (Å²) in [5, 5.41) is 11.7. The monoisotopic (exact) mass is 419 g/mol. The van der Waals surface area contributed by atoms with Gasteiger partial charge >= 0.3 is 0 Å². The van der Waals surface area contributed by atoms with Crippen molar-refractivity contribution in [2.24, 2.45) is 0 Å². The third-order valence-corrected chi connectivity index (χ3v) is 4.22. The maximum absolute atomic E-state index is 12.6. The lowest BCUT2D eigenvalue weighted by Gasteiger charge is -2.25. The molecule has 0 aliphatic rings. The Morgan fingerprint density at radius 3 is 2.03 bits per heavy atom. The summed E-state index contributed by atoms with van der Waals surface area (Å²) in [6.45, 7) is 8.57. The van der Waals surface area contributed by atoms with Crippen LogP contribution in [0.15, 0.2) is 79.9 Å². The summed E-state index contributed by atoms with van der Waals surface area (Å²) in [4.78, 5) is 26.5. The van der Waals surface area contributed by atoms with Crippen LogP contribution in [0.4, 0.5) is 0 Å². The Morgan fingerprint density at radius 2 is 1.52 bits per heavy atom. The number of hydroxylamine groups is 1. The van der Waals surface area contributed by atoms with E-state index in [9.17, 15) is 9.59 Å². The Morgan fingerprint density at radius 1 is 0.968 bits per heavy atom. The van der Waals surface area contributed by atoms with Crippen molar-refractivity contribution in [1.82, 2.24) is 15.7 Å². The van der Waals surface area contributed by atoms with Crippen molar-refractivity contribution in [3.63, 3.8) is 0 Å². The van der Waals surface area contributed by atoms with Gasteiger partial charge in [0.25, 0.3) is 11.8 Å². The molecule has 0 heterocycles. The molecule has 0 aliphatic carbocycles. The smallest absolute Gasteiger partial charge is 0.267 e. The molecule has 2 aromatic carbocycles. The van der Waals surface area contributed by atoms with E-state index in [0.717, 1.165) is 11.1 Å². The van der Waals surface area contributed by atoms with Gasteiger partial charge in [-0.3, -0.25) is 19.7 Å². The van der Waals surface area contributed by atoms with Crippen LogP contribution in [0, 0.1) is 11.8 Å². The molecule has 0 fully saturated rings. The molecular formula is C25H29N3O3. The first-order valence-corrected chi connectivity index (χ1v) is 9.43. The standard InChI is InChI=1S/C24H25N3O3.CH4/c1-3-16-27(17-4-2)18-22(24(29)26-30)25-23(28)21-14-12-20(13-15-21)11-10-19-8-6-5-7-9-19;/h3-9,12-15,22,30H,1-2,16-18H2,(H,25,28)(H,26,29);1H4/t22-;/m0./s1. The molecule has 0 saturated heterocycles. The van der Waals surface area contributed by atoms with Gasteiger partial charge < -0.3 is 5.32 Å². The Balaban J connectivity index is 0.00000480. The first-order chi connectivity index (χ1) is 14.6. The van der Waals surface area contributed by atoms with Crippen LogP contribution >= 0.6 is 0 Å². The quantitative estimate of drug-likeness (QED) is 0.253. The fourth-order valence-corrected chi connectivity index (χ4v) is 2.73. The lowest BCUT2D eigenvalue weighted by Crippen LogP contribution is -2.52. The van der Waals surface area contributed by atoms with Crippen molar-refractivity contribution in [1.29, 1.82) is 0 Å². The van der Waals surface area contributed by atoms with Gasteiger partial charge in [0.15, 0.2) is 0 Å². The Hall–Kier alpha value is -3.66. The van der Waals surface area contributed by atoms with Gasteiger partial charge in [0.1, 0.15) is 6.04 Å². The van der Waals surface area contributed by atoms with Gasteiger partial charge in [0, 0.05) is 36.3 Å². The fraction of sp³-hybridized carbons (Fsp3) is 0.200. The molecule has 2 aromatic rings. The molecule has 0 bridgehead atoms. The molecule has 1 atom stereocenters. The van der Waals surface area contributed by atoms with Crippen LogP contribution in [0.1, 0.15) is 28.9 Å². The highest BCUT2D eigenvalue weighted by Gasteiger charge is 2.23. The van der Waals surface area contributed by atoms with E-state index >= 15 is 0 Å². The van der Waals surface area contributed by atoms with Crippen molar-refractivity contribution in [3.05, 3.63) is 96.6 Å². The first-order valence-electron chi connectivity index (χ1n) is 9.43. The van der Waals surface area contributed by atoms with E-state index < -0.39 is 17.9 Å². The van der Waals surface area contributed by atoms with Gasteiger partial charge in [-0.1, -0.05) is 49.6 Å². The number of rotatable bonds is 9. The van der Waals surface area contributed by atoms with Crippen LogP contribution in [0.2, 0.25) is 0 Å².